The van der Waals surface area contributed by atoms with Gasteiger partial charge in [-0.15, -0.1) is 6.58 Å². The summed E-state index contributed by atoms with van der Waals surface area (Å²) in [5.74, 6) is 0.350. The fourth-order valence-corrected chi connectivity index (χ4v) is 5.84. The van der Waals surface area contributed by atoms with Crippen molar-refractivity contribution in [1.82, 2.24) is 10.2 Å². The zero-order valence-electron chi connectivity index (χ0n) is 21.6. The minimum atomic E-state index is -0.981. The fraction of sp³-hybridized carbons (Fsp3) is 0.586. The van der Waals surface area contributed by atoms with E-state index in [0.29, 0.717) is 17.7 Å². The summed E-state index contributed by atoms with van der Waals surface area (Å²) in [7, 11) is 0. The molecule has 2 aliphatic rings. The highest BCUT2D eigenvalue weighted by Gasteiger charge is 2.42. The lowest BCUT2D eigenvalue weighted by atomic mass is 9.86. The van der Waals surface area contributed by atoms with E-state index < -0.39 is 18.2 Å². The first kappa shape index (κ1) is 29.6. The van der Waals surface area contributed by atoms with E-state index in [1.165, 1.54) is 0 Å². The van der Waals surface area contributed by atoms with Gasteiger partial charge in [-0.1, -0.05) is 43.9 Å². The molecule has 1 aromatic carbocycles. The van der Waals surface area contributed by atoms with E-state index in [-0.39, 0.29) is 37.4 Å². The molecule has 204 valence electrons. The van der Waals surface area contributed by atoms with Crippen molar-refractivity contribution < 1.29 is 24.5 Å². The monoisotopic (exact) mass is 624 g/mol. The molecule has 1 fully saturated rings. The van der Waals surface area contributed by atoms with Crippen LogP contribution >= 0.6 is 22.6 Å². The second-order valence-electron chi connectivity index (χ2n) is 9.93. The molecule has 0 radical (unpaired) electrons. The summed E-state index contributed by atoms with van der Waals surface area (Å²) in [6, 6.07) is 7.01. The SMILES string of the molecule is C=CCCCCC(=O)N(C1CCCCCC1)C1CC(C(=O)NCCO)=CC(Oc2ccccc2I)C1O. The van der Waals surface area contributed by atoms with E-state index in [2.05, 4.69) is 34.5 Å². The molecular formula is C29H41IN2O5. The van der Waals surface area contributed by atoms with Gasteiger partial charge in [0.1, 0.15) is 18.0 Å². The molecule has 3 N–H and O–H groups in total. The van der Waals surface area contributed by atoms with Gasteiger partial charge in [0.05, 0.1) is 16.2 Å². The highest BCUT2D eigenvalue weighted by Crippen LogP contribution is 2.33. The number of allylic oxidation sites excluding steroid dienone is 1. The van der Waals surface area contributed by atoms with Gasteiger partial charge >= 0.3 is 0 Å². The van der Waals surface area contributed by atoms with E-state index in [9.17, 15) is 19.8 Å². The van der Waals surface area contributed by atoms with Gasteiger partial charge in [-0.05, 0) is 72.9 Å². The standard InChI is InChI=1S/C29H41IN2O5/c1-2-3-4-9-16-27(34)32(22-12-7-5-6-8-13-22)24-19-21(29(36)31-17-18-33)20-26(28(24)35)37-25-15-11-10-14-23(25)30/h2,10-11,14-15,20,22,24,26,28,33,35H,1,3-9,12-13,16-19H2,(H,31,36). The maximum atomic E-state index is 13.7. The lowest BCUT2D eigenvalue weighted by Gasteiger charge is -2.44. The van der Waals surface area contributed by atoms with E-state index >= 15 is 0 Å². The second-order valence-corrected chi connectivity index (χ2v) is 11.1. The Balaban J connectivity index is 1.92. The van der Waals surface area contributed by atoms with Crippen LogP contribution in [0, 0.1) is 3.57 Å². The number of amides is 2. The molecule has 37 heavy (non-hydrogen) atoms. The number of aliphatic hydroxyl groups excluding tert-OH is 2. The zero-order valence-corrected chi connectivity index (χ0v) is 23.8. The van der Waals surface area contributed by atoms with Crippen molar-refractivity contribution in [2.24, 2.45) is 0 Å². The van der Waals surface area contributed by atoms with Crippen LogP contribution in [0.1, 0.15) is 70.6 Å². The number of halogens is 1. The summed E-state index contributed by atoms with van der Waals surface area (Å²) in [5.41, 5.74) is 0.470. The molecule has 0 bridgehead atoms. The Hall–Kier alpha value is -1.91. The molecule has 0 spiro atoms. The maximum absolute atomic E-state index is 13.7. The number of aliphatic hydroxyl groups is 2. The van der Waals surface area contributed by atoms with Crippen molar-refractivity contribution in [2.45, 2.75) is 94.9 Å². The molecule has 3 atom stereocenters. The average Bonchev–Trinajstić information content (AvgIpc) is 3.18. The van der Waals surface area contributed by atoms with Crippen LogP contribution in [0.3, 0.4) is 0 Å². The predicted molar refractivity (Wildman–Crippen MR) is 153 cm³/mol. The van der Waals surface area contributed by atoms with Gasteiger partial charge in [0.25, 0.3) is 0 Å². The first-order valence-electron chi connectivity index (χ1n) is 13.6. The van der Waals surface area contributed by atoms with Gasteiger partial charge < -0.3 is 25.2 Å². The number of carbonyl (C=O) groups is 2. The average molecular weight is 625 g/mol. The summed E-state index contributed by atoms with van der Waals surface area (Å²) >= 11 is 2.19. The Morgan fingerprint density at radius 3 is 2.57 bits per heavy atom. The number of hydrogen-bond acceptors (Lipinski definition) is 5. The third kappa shape index (κ3) is 8.55. The maximum Gasteiger partial charge on any atom is 0.247 e. The van der Waals surface area contributed by atoms with E-state index in [1.54, 1.807) is 6.08 Å². The normalized spacial score (nSPS) is 22.5. The van der Waals surface area contributed by atoms with Gasteiger partial charge in [0.15, 0.2) is 0 Å². The Bertz CT molecular complexity index is 929. The van der Waals surface area contributed by atoms with Crippen molar-refractivity contribution in [2.75, 3.05) is 13.2 Å². The third-order valence-corrected chi connectivity index (χ3v) is 8.12. The van der Waals surface area contributed by atoms with Crippen LogP contribution in [0.4, 0.5) is 0 Å². The molecule has 0 saturated heterocycles. The Morgan fingerprint density at radius 1 is 1.16 bits per heavy atom. The summed E-state index contributed by atoms with van der Waals surface area (Å²) in [4.78, 5) is 28.6. The summed E-state index contributed by atoms with van der Waals surface area (Å²) in [5, 5.41) is 23.6. The summed E-state index contributed by atoms with van der Waals surface area (Å²) < 4.78 is 7.15. The predicted octanol–water partition coefficient (Wildman–Crippen LogP) is 4.50. The minimum absolute atomic E-state index is 0.0325. The summed E-state index contributed by atoms with van der Waals surface area (Å²) in [6.45, 7) is 3.75. The molecule has 1 aromatic rings. The van der Waals surface area contributed by atoms with Crippen molar-refractivity contribution >= 4 is 34.4 Å². The smallest absolute Gasteiger partial charge is 0.247 e. The van der Waals surface area contributed by atoms with Crippen LogP contribution in [-0.2, 0) is 9.59 Å². The Labute approximate surface area is 234 Å². The molecule has 8 heteroatoms. The van der Waals surface area contributed by atoms with Crippen LogP contribution in [0.2, 0.25) is 0 Å². The molecule has 0 heterocycles. The van der Waals surface area contributed by atoms with Crippen LogP contribution in [0.15, 0.2) is 48.6 Å². The van der Waals surface area contributed by atoms with E-state index in [0.717, 1.165) is 61.4 Å². The lowest BCUT2D eigenvalue weighted by Crippen LogP contribution is -2.58. The van der Waals surface area contributed by atoms with Gasteiger partial charge in [-0.2, -0.15) is 0 Å². The highest BCUT2D eigenvalue weighted by molar-refractivity contribution is 14.1. The highest BCUT2D eigenvalue weighted by atomic mass is 127. The lowest BCUT2D eigenvalue weighted by molar-refractivity contribution is -0.142. The quantitative estimate of drug-likeness (QED) is 0.138. The largest absolute Gasteiger partial charge is 0.482 e. The molecule has 0 aromatic heterocycles. The molecule has 3 rings (SSSR count). The topological polar surface area (TPSA) is 99.1 Å². The van der Waals surface area contributed by atoms with Crippen molar-refractivity contribution in [1.29, 1.82) is 0 Å². The number of para-hydroxylation sites is 1. The minimum Gasteiger partial charge on any atom is -0.482 e. The molecule has 0 aliphatic heterocycles. The molecule has 7 nitrogen and oxygen atoms in total. The number of nitrogens with zero attached hydrogens (tertiary/aromatic N) is 1. The zero-order chi connectivity index (χ0) is 26.6. The second kappa shape index (κ2) is 15.5. The number of ether oxygens (including phenoxy) is 1. The number of rotatable bonds is 12. The van der Waals surface area contributed by atoms with Crippen molar-refractivity contribution in [3.8, 4) is 5.75 Å². The van der Waals surface area contributed by atoms with Crippen molar-refractivity contribution in [3.05, 3.63) is 52.1 Å². The number of carbonyl (C=O) groups excluding carboxylic acids is 2. The van der Waals surface area contributed by atoms with Crippen LogP contribution in [0.25, 0.3) is 0 Å². The fourth-order valence-electron chi connectivity index (χ4n) is 5.32. The molecule has 1 saturated carbocycles. The first-order chi connectivity index (χ1) is 18.0. The van der Waals surface area contributed by atoms with E-state index in [1.807, 2.05) is 35.2 Å². The van der Waals surface area contributed by atoms with Crippen LogP contribution < -0.4 is 10.1 Å². The van der Waals surface area contributed by atoms with Crippen LogP contribution in [-0.4, -0.2) is 64.4 Å². The van der Waals surface area contributed by atoms with Gasteiger partial charge in [0, 0.05) is 31.0 Å². The molecule has 3 unspecified atom stereocenters. The Morgan fingerprint density at radius 2 is 1.89 bits per heavy atom. The number of benzene rings is 1. The molecule has 2 amide bonds. The number of unbranched alkanes of at least 4 members (excludes halogenated alkanes) is 2. The van der Waals surface area contributed by atoms with Gasteiger partial charge in [-0.25, -0.2) is 0 Å². The molecule has 2 aliphatic carbocycles. The Kier molecular flexibility index (Phi) is 12.4. The van der Waals surface area contributed by atoms with E-state index in [4.69, 9.17) is 4.74 Å². The first-order valence-corrected chi connectivity index (χ1v) is 14.6. The number of hydrogen-bond donors (Lipinski definition) is 3. The number of nitrogens with one attached hydrogen (secondary N) is 1. The molecular weight excluding hydrogens is 583 g/mol. The third-order valence-electron chi connectivity index (χ3n) is 7.23. The van der Waals surface area contributed by atoms with Gasteiger partial charge in [0.2, 0.25) is 11.8 Å². The van der Waals surface area contributed by atoms with Gasteiger partial charge in [-0.3, -0.25) is 9.59 Å². The summed E-state index contributed by atoms with van der Waals surface area (Å²) in [6.07, 6.45) is 11.2. The van der Waals surface area contributed by atoms with Crippen molar-refractivity contribution in [3.63, 3.8) is 0 Å². The van der Waals surface area contributed by atoms with Crippen LogP contribution in [0.5, 0.6) is 5.75 Å².